The standard InChI is InChI=1S/C17H13FN4O4/c18-14-4-2-1-3-11(14)8-19-16(23)9-21-10-20-15-7-12(22(25)26)5-6-13(15)17(21)24/h1-7,10H,8-9H2,(H,19,23). The van der Waals surface area contributed by atoms with Crippen molar-refractivity contribution in [2.75, 3.05) is 0 Å². The summed E-state index contributed by atoms with van der Waals surface area (Å²) in [6.07, 6.45) is 1.15. The number of non-ortho nitro benzene ring substituents is 1. The van der Waals surface area contributed by atoms with Gasteiger partial charge in [0.1, 0.15) is 12.4 Å². The summed E-state index contributed by atoms with van der Waals surface area (Å²) >= 11 is 0. The monoisotopic (exact) mass is 356 g/mol. The lowest BCUT2D eigenvalue weighted by molar-refractivity contribution is -0.384. The lowest BCUT2D eigenvalue weighted by atomic mass is 10.2. The van der Waals surface area contributed by atoms with E-state index in [0.29, 0.717) is 5.56 Å². The quantitative estimate of drug-likeness (QED) is 0.554. The van der Waals surface area contributed by atoms with Crippen molar-refractivity contribution in [2.24, 2.45) is 0 Å². The second-order valence-corrected chi connectivity index (χ2v) is 5.50. The average Bonchev–Trinajstić information content (AvgIpc) is 2.63. The first-order valence-electron chi connectivity index (χ1n) is 7.59. The molecule has 0 radical (unpaired) electrons. The highest BCUT2D eigenvalue weighted by Crippen LogP contribution is 2.16. The number of fused-ring (bicyclic) bond motifs is 1. The first kappa shape index (κ1) is 17.2. The lowest BCUT2D eigenvalue weighted by Gasteiger charge is -2.08. The van der Waals surface area contributed by atoms with Gasteiger partial charge in [0.05, 0.1) is 22.2 Å². The van der Waals surface area contributed by atoms with Crippen LogP contribution in [-0.2, 0) is 17.9 Å². The minimum atomic E-state index is -0.581. The van der Waals surface area contributed by atoms with Crippen molar-refractivity contribution >= 4 is 22.5 Å². The molecule has 0 saturated heterocycles. The number of nitro benzene ring substituents is 1. The molecule has 1 amide bonds. The van der Waals surface area contributed by atoms with Gasteiger partial charge in [-0.2, -0.15) is 0 Å². The molecule has 0 spiro atoms. The van der Waals surface area contributed by atoms with E-state index >= 15 is 0 Å². The van der Waals surface area contributed by atoms with Crippen LogP contribution in [0, 0.1) is 15.9 Å². The summed E-state index contributed by atoms with van der Waals surface area (Å²) in [6.45, 7) is -0.305. The summed E-state index contributed by atoms with van der Waals surface area (Å²) in [5.74, 6) is -0.919. The van der Waals surface area contributed by atoms with Crippen LogP contribution >= 0.6 is 0 Å². The molecule has 1 heterocycles. The van der Waals surface area contributed by atoms with Crippen LogP contribution < -0.4 is 10.9 Å². The van der Waals surface area contributed by atoms with Crippen molar-refractivity contribution in [3.05, 3.63) is 80.6 Å². The van der Waals surface area contributed by atoms with E-state index in [1.165, 1.54) is 24.3 Å². The molecule has 3 aromatic rings. The summed E-state index contributed by atoms with van der Waals surface area (Å²) in [5.41, 5.74) is -0.167. The Morgan fingerprint density at radius 1 is 1.27 bits per heavy atom. The van der Waals surface area contributed by atoms with Crippen molar-refractivity contribution in [3.8, 4) is 0 Å². The van der Waals surface area contributed by atoms with E-state index in [0.717, 1.165) is 10.9 Å². The summed E-state index contributed by atoms with van der Waals surface area (Å²) < 4.78 is 14.6. The van der Waals surface area contributed by atoms with Crippen molar-refractivity contribution in [2.45, 2.75) is 13.1 Å². The molecule has 0 fully saturated rings. The Hall–Kier alpha value is -3.62. The van der Waals surface area contributed by atoms with Crippen molar-refractivity contribution in [1.82, 2.24) is 14.9 Å². The fourth-order valence-electron chi connectivity index (χ4n) is 2.42. The summed E-state index contributed by atoms with van der Waals surface area (Å²) in [4.78, 5) is 38.6. The maximum atomic E-state index is 13.5. The highest BCUT2D eigenvalue weighted by molar-refractivity contribution is 5.80. The van der Waals surface area contributed by atoms with Crippen LogP contribution in [0.3, 0.4) is 0 Å². The number of hydrogen-bond donors (Lipinski definition) is 1. The number of nitrogens with one attached hydrogen (secondary N) is 1. The fourth-order valence-corrected chi connectivity index (χ4v) is 2.42. The topological polar surface area (TPSA) is 107 Å². The van der Waals surface area contributed by atoms with Crippen molar-refractivity contribution in [1.29, 1.82) is 0 Å². The molecule has 0 unspecified atom stereocenters. The summed E-state index contributed by atoms with van der Waals surface area (Å²) in [5, 5.41) is 13.5. The van der Waals surface area contributed by atoms with Gasteiger partial charge >= 0.3 is 0 Å². The third-order valence-corrected chi connectivity index (χ3v) is 3.77. The normalized spacial score (nSPS) is 10.7. The molecule has 1 aromatic heterocycles. The number of nitrogens with zero attached hydrogens (tertiary/aromatic N) is 3. The summed E-state index contributed by atoms with van der Waals surface area (Å²) in [7, 11) is 0. The van der Waals surface area contributed by atoms with Crippen LogP contribution in [0.15, 0.2) is 53.6 Å². The van der Waals surface area contributed by atoms with Gasteiger partial charge in [0, 0.05) is 24.2 Å². The van der Waals surface area contributed by atoms with Gasteiger partial charge in [-0.25, -0.2) is 9.37 Å². The number of hydrogen-bond acceptors (Lipinski definition) is 5. The van der Waals surface area contributed by atoms with Crippen LogP contribution in [0.25, 0.3) is 10.9 Å². The maximum absolute atomic E-state index is 13.5. The van der Waals surface area contributed by atoms with Gasteiger partial charge in [-0.1, -0.05) is 18.2 Å². The number of benzene rings is 2. The Kier molecular flexibility index (Phi) is 4.70. The molecule has 0 aliphatic heterocycles. The minimum Gasteiger partial charge on any atom is -0.350 e. The molecule has 26 heavy (non-hydrogen) atoms. The van der Waals surface area contributed by atoms with Crippen LogP contribution in [-0.4, -0.2) is 20.4 Å². The molecular formula is C17H13FN4O4. The van der Waals surface area contributed by atoms with Gasteiger partial charge in [-0.05, 0) is 12.1 Å². The zero-order valence-electron chi connectivity index (χ0n) is 13.4. The van der Waals surface area contributed by atoms with Gasteiger partial charge in [0.15, 0.2) is 0 Å². The van der Waals surface area contributed by atoms with E-state index in [1.54, 1.807) is 18.2 Å². The molecule has 0 aliphatic rings. The molecule has 0 bridgehead atoms. The molecule has 132 valence electrons. The van der Waals surface area contributed by atoms with Gasteiger partial charge in [-0.3, -0.25) is 24.3 Å². The van der Waals surface area contributed by atoms with Gasteiger partial charge < -0.3 is 5.32 Å². The van der Waals surface area contributed by atoms with Crippen LogP contribution in [0.1, 0.15) is 5.56 Å². The Morgan fingerprint density at radius 3 is 2.77 bits per heavy atom. The first-order chi connectivity index (χ1) is 12.5. The molecule has 9 heteroatoms. The Bertz CT molecular complexity index is 1060. The lowest BCUT2D eigenvalue weighted by Crippen LogP contribution is -2.32. The van der Waals surface area contributed by atoms with Crippen LogP contribution in [0.4, 0.5) is 10.1 Å². The fraction of sp³-hybridized carbons (Fsp3) is 0.118. The Labute approximate surface area is 146 Å². The molecule has 0 saturated carbocycles. The van der Waals surface area contributed by atoms with E-state index in [-0.39, 0.29) is 29.7 Å². The third-order valence-electron chi connectivity index (χ3n) is 3.77. The highest BCUT2D eigenvalue weighted by Gasteiger charge is 2.12. The molecule has 0 atom stereocenters. The predicted octanol–water partition coefficient (Wildman–Crippen LogP) is 1.76. The van der Waals surface area contributed by atoms with Crippen LogP contribution in [0.5, 0.6) is 0 Å². The zero-order valence-corrected chi connectivity index (χ0v) is 13.4. The molecule has 0 aliphatic carbocycles. The van der Waals surface area contributed by atoms with E-state index in [9.17, 15) is 24.1 Å². The van der Waals surface area contributed by atoms with E-state index < -0.39 is 22.2 Å². The van der Waals surface area contributed by atoms with Gasteiger partial charge in [0.25, 0.3) is 11.2 Å². The Morgan fingerprint density at radius 2 is 2.04 bits per heavy atom. The van der Waals surface area contributed by atoms with Crippen LogP contribution in [0.2, 0.25) is 0 Å². The smallest absolute Gasteiger partial charge is 0.271 e. The van der Waals surface area contributed by atoms with Crippen molar-refractivity contribution < 1.29 is 14.1 Å². The molecular weight excluding hydrogens is 343 g/mol. The highest BCUT2D eigenvalue weighted by atomic mass is 19.1. The number of rotatable bonds is 5. The predicted molar refractivity (Wildman–Crippen MR) is 90.9 cm³/mol. The molecule has 8 nitrogen and oxygen atoms in total. The van der Waals surface area contributed by atoms with E-state index in [2.05, 4.69) is 10.3 Å². The maximum Gasteiger partial charge on any atom is 0.271 e. The molecule has 2 aromatic carbocycles. The average molecular weight is 356 g/mol. The second-order valence-electron chi connectivity index (χ2n) is 5.50. The number of halogens is 1. The number of nitro groups is 1. The third kappa shape index (κ3) is 3.56. The zero-order chi connectivity index (χ0) is 18.7. The molecule has 1 N–H and O–H groups in total. The number of amides is 1. The van der Waals surface area contributed by atoms with E-state index in [1.807, 2.05) is 0 Å². The Balaban J connectivity index is 1.76. The minimum absolute atomic E-state index is 0.00649. The number of carbonyl (C=O) groups excluding carboxylic acids is 1. The van der Waals surface area contributed by atoms with Gasteiger partial charge in [0.2, 0.25) is 5.91 Å². The molecule has 3 rings (SSSR count). The largest absolute Gasteiger partial charge is 0.350 e. The van der Waals surface area contributed by atoms with E-state index in [4.69, 9.17) is 0 Å². The SMILES string of the molecule is O=C(Cn1cnc2cc([N+](=O)[O-])ccc2c1=O)NCc1ccccc1F. The summed E-state index contributed by atoms with van der Waals surface area (Å²) in [6, 6.07) is 9.74. The number of carbonyl (C=O) groups is 1. The van der Waals surface area contributed by atoms with Gasteiger partial charge in [-0.15, -0.1) is 0 Å². The van der Waals surface area contributed by atoms with Crippen molar-refractivity contribution in [3.63, 3.8) is 0 Å². The first-order valence-corrected chi connectivity index (χ1v) is 7.59. The number of aromatic nitrogens is 2. The second kappa shape index (κ2) is 7.09.